The van der Waals surface area contributed by atoms with Gasteiger partial charge in [-0.2, -0.15) is 0 Å². The lowest BCUT2D eigenvalue weighted by Crippen LogP contribution is -2.36. The first-order valence-electron chi connectivity index (χ1n) is 19.3. The highest BCUT2D eigenvalue weighted by Gasteiger charge is 2.51. The van der Waals surface area contributed by atoms with E-state index >= 15 is 0 Å². The van der Waals surface area contributed by atoms with Crippen LogP contribution < -0.4 is 0 Å². The van der Waals surface area contributed by atoms with Crippen LogP contribution in [0.1, 0.15) is 69.4 Å². The van der Waals surface area contributed by atoms with Gasteiger partial charge in [0.2, 0.25) is 0 Å². The number of benzene rings is 6. The third-order valence-electron chi connectivity index (χ3n) is 11.7. The topological polar surface area (TPSA) is 44.9 Å². The van der Waals surface area contributed by atoms with E-state index in [1.807, 2.05) is 12.7 Å². The van der Waals surface area contributed by atoms with Gasteiger partial charge in [-0.05, 0) is 46.2 Å². The van der Waals surface area contributed by atoms with Gasteiger partial charge in [-0.1, -0.05) is 182 Å². The van der Waals surface area contributed by atoms with E-state index in [4.69, 9.17) is 14.7 Å². The molecule has 268 valence electrons. The predicted octanol–water partition coefficient (Wildman–Crippen LogP) is 10.2. The Labute approximate surface area is 322 Å². The van der Waals surface area contributed by atoms with E-state index in [2.05, 4.69) is 204 Å². The third kappa shape index (κ3) is 5.74. The number of imidazole rings is 2. The number of hydrogen-bond acceptors (Lipinski definition) is 3. The molecule has 2 aliphatic rings. The van der Waals surface area contributed by atoms with Gasteiger partial charge in [0, 0.05) is 24.2 Å². The van der Waals surface area contributed by atoms with Crippen LogP contribution in [0.4, 0.5) is 0 Å². The van der Waals surface area contributed by atoms with Crippen molar-refractivity contribution in [2.75, 3.05) is 0 Å². The SMILES string of the molecule is c1ccc(C(c2ccccc2)(c2ccccc2)n2cnc(C3CC3OC3CC3c3cn(C(c4ccccc4)(c4ccccc4)c4ccccc4)cn3)c2)cc1. The van der Waals surface area contributed by atoms with E-state index in [9.17, 15) is 0 Å². The van der Waals surface area contributed by atoms with Crippen LogP contribution in [0.25, 0.3) is 0 Å². The molecule has 5 nitrogen and oxygen atoms in total. The highest BCUT2D eigenvalue weighted by atomic mass is 16.5. The van der Waals surface area contributed by atoms with E-state index in [1.165, 1.54) is 33.4 Å². The zero-order chi connectivity index (χ0) is 36.7. The van der Waals surface area contributed by atoms with Gasteiger partial charge in [0.05, 0.1) is 36.3 Å². The average molecular weight is 715 g/mol. The molecule has 8 aromatic rings. The van der Waals surface area contributed by atoms with Crippen molar-refractivity contribution in [3.63, 3.8) is 0 Å². The summed E-state index contributed by atoms with van der Waals surface area (Å²) in [6.45, 7) is 0. The summed E-state index contributed by atoms with van der Waals surface area (Å²) < 4.78 is 11.4. The smallest absolute Gasteiger partial charge is 0.121 e. The molecule has 4 unspecified atom stereocenters. The predicted molar refractivity (Wildman–Crippen MR) is 217 cm³/mol. The van der Waals surface area contributed by atoms with Gasteiger partial charge in [-0.3, -0.25) is 0 Å². The number of aromatic nitrogens is 4. The monoisotopic (exact) mass is 714 g/mol. The molecular weight excluding hydrogens is 673 g/mol. The molecule has 10 rings (SSSR count). The van der Waals surface area contributed by atoms with E-state index in [-0.39, 0.29) is 24.0 Å². The Bertz CT molecular complexity index is 2110. The van der Waals surface area contributed by atoms with Crippen LogP contribution in [0.3, 0.4) is 0 Å². The minimum absolute atomic E-state index is 0.150. The number of hydrogen-bond donors (Lipinski definition) is 0. The molecule has 0 spiro atoms. The van der Waals surface area contributed by atoms with Crippen molar-refractivity contribution < 1.29 is 4.74 Å². The van der Waals surface area contributed by atoms with Crippen LogP contribution in [-0.2, 0) is 15.8 Å². The normalized spacial score (nSPS) is 19.2. The molecule has 0 radical (unpaired) electrons. The van der Waals surface area contributed by atoms with Crippen LogP contribution in [0.5, 0.6) is 0 Å². The van der Waals surface area contributed by atoms with E-state index in [0.29, 0.717) is 0 Å². The average Bonchev–Trinajstić information content (AvgIpc) is 4.08. The fraction of sp³-hybridized carbons (Fsp3) is 0.160. The molecule has 2 fully saturated rings. The summed E-state index contributed by atoms with van der Waals surface area (Å²) in [4.78, 5) is 10.1. The van der Waals surface area contributed by atoms with Gasteiger partial charge in [0.25, 0.3) is 0 Å². The minimum atomic E-state index is -0.574. The Hall–Kier alpha value is -6.30. The molecule has 0 aliphatic heterocycles. The highest BCUT2D eigenvalue weighted by Crippen LogP contribution is 2.52. The molecular formula is C50H42N4O. The van der Waals surface area contributed by atoms with Gasteiger partial charge >= 0.3 is 0 Å². The minimum Gasteiger partial charge on any atom is -0.374 e. The van der Waals surface area contributed by atoms with Crippen molar-refractivity contribution in [2.24, 2.45) is 0 Å². The largest absolute Gasteiger partial charge is 0.374 e. The van der Waals surface area contributed by atoms with Crippen LogP contribution >= 0.6 is 0 Å². The van der Waals surface area contributed by atoms with Gasteiger partial charge in [0.15, 0.2) is 0 Å². The molecule has 6 aromatic carbocycles. The Morgan fingerprint density at radius 2 is 0.636 bits per heavy atom. The maximum absolute atomic E-state index is 6.81. The second kappa shape index (κ2) is 13.8. The molecule has 0 saturated heterocycles. The molecule has 2 aromatic heterocycles. The van der Waals surface area contributed by atoms with Gasteiger partial charge in [-0.25, -0.2) is 9.97 Å². The molecule has 0 bridgehead atoms. The second-order valence-electron chi connectivity index (χ2n) is 14.9. The van der Waals surface area contributed by atoms with E-state index in [1.54, 1.807) is 0 Å². The van der Waals surface area contributed by atoms with Crippen molar-refractivity contribution in [1.29, 1.82) is 0 Å². The maximum Gasteiger partial charge on any atom is 0.121 e. The zero-order valence-corrected chi connectivity index (χ0v) is 30.6. The molecule has 2 heterocycles. The Balaban J connectivity index is 0.922. The zero-order valence-electron chi connectivity index (χ0n) is 30.6. The lowest BCUT2D eigenvalue weighted by molar-refractivity contribution is 0.0963. The first kappa shape index (κ1) is 33.3. The van der Waals surface area contributed by atoms with Crippen molar-refractivity contribution in [1.82, 2.24) is 19.1 Å². The highest BCUT2D eigenvalue weighted by molar-refractivity contribution is 5.52. The maximum atomic E-state index is 6.81. The van der Waals surface area contributed by atoms with Crippen molar-refractivity contribution in [2.45, 2.75) is 48.0 Å². The lowest BCUT2D eigenvalue weighted by Gasteiger charge is -2.37. The summed E-state index contributed by atoms with van der Waals surface area (Å²) in [6.07, 6.45) is 10.8. The van der Waals surface area contributed by atoms with Gasteiger partial charge in [-0.15, -0.1) is 0 Å². The summed E-state index contributed by atoms with van der Waals surface area (Å²) in [6, 6.07) is 64.6. The van der Waals surface area contributed by atoms with Gasteiger partial charge in [0.1, 0.15) is 11.1 Å². The molecule has 55 heavy (non-hydrogen) atoms. The molecule has 5 heteroatoms. The van der Waals surface area contributed by atoms with Crippen molar-refractivity contribution in [3.8, 4) is 0 Å². The first-order valence-corrected chi connectivity index (χ1v) is 19.3. The Kier molecular flexibility index (Phi) is 8.37. The lowest BCUT2D eigenvalue weighted by atomic mass is 9.77. The summed E-state index contributed by atoms with van der Waals surface area (Å²) in [5.41, 5.74) is 8.16. The van der Waals surface area contributed by atoms with Crippen molar-refractivity contribution in [3.05, 3.63) is 252 Å². The molecule has 0 amide bonds. The Morgan fingerprint density at radius 3 is 0.891 bits per heavy atom. The number of rotatable bonds is 12. The standard InChI is InChI=1S/C50H42N4O/c1-7-19-37(20-8-1)49(38-21-9-2-10-22-38,39-23-11-3-12-24-39)53-33-45(51-35-53)43-31-47(43)55-48-32-44(48)46-34-54(36-52-46)50(40-25-13-4-14-26-40,41-27-15-5-16-28-41)42-29-17-6-18-30-42/h1-30,33-36,43-44,47-48H,31-32H2. The first-order chi connectivity index (χ1) is 27.3. The quantitative estimate of drug-likeness (QED) is 0.118. The van der Waals surface area contributed by atoms with E-state index in [0.717, 1.165) is 24.2 Å². The van der Waals surface area contributed by atoms with Crippen molar-refractivity contribution >= 4 is 0 Å². The summed E-state index contributed by atoms with van der Waals surface area (Å²) in [7, 11) is 0. The fourth-order valence-electron chi connectivity index (χ4n) is 8.89. The fourth-order valence-corrected chi connectivity index (χ4v) is 8.89. The summed E-state index contributed by atoms with van der Waals surface area (Å²) >= 11 is 0. The van der Waals surface area contributed by atoms with E-state index < -0.39 is 11.1 Å². The summed E-state index contributed by atoms with van der Waals surface area (Å²) in [5, 5.41) is 0. The van der Waals surface area contributed by atoms with Gasteiger partial charge < -0.3 is 13.9 Å². The molecule has 0 N–H and O–H groups in total. The molecule has 2 saturated carbocycles. The second-order valence-corrected chi connectivity index (χ2v) is 14.9. The van der Waals surface area contributed by atoms with Crippen LogP contribution in [0.2, 0.25) is 0 Å². The Morgan fingerprint density at radius 1 is 0.382 bits per heavy atom. The summed E-state index contributed by atoms with van der Waals surface area (Å²) in [5.74, 6) is 0.531. The molecule has 2 aliphatic carbocycles. The van der Waals surface area contributed by atoms with Crippen LogP contribution in [0, 0.1) is 0 Å². The number of ether oxygens (including phenoxy) is 1. The van der Waals surface area contributed by atoms with Crippen LogP contribution in [-0.4, -0.2) is 31.3 Å². The molecule has 4 atom stereocenters. The third-order valence-corrected chi connectivity index (χ3v) is 11.7. The van der Waals surface area contributed by atoms with Crippen LogP contribution in [0.15, 0.2) is 207 Å². The number of nitrogens with zero attached hydrogens (tertiary/aromatic N) is 4.